The van der Waals surface area contributed by atoms with Crippen molar-refractivity contribution in [2.24, 2.45) is 0 Å². The van der Waals surface area contributed by atoms with Gasteiger partial charge < -0.3 is 10.5 Å². The summed E-state index contributed by atoms with van der Waals surface area (Å²) in [5, 5.41) is -0.416. The van der Waals surface area contributed by atoms with Crippen LogP contribution in [-0.4, -0.2) is 17.6 Å². The molecule has 0 fully saturated rings. The number of hydrogen-bond donors (Lipinski definition) is 1. The van der Waals surface area contributed by atoms with E-state index in [9.17, 15) is 9.18 Å². The average Bonchev–Trinajstić information content (AvgIpc) is 2.33. The predicted molar refractivity (Wildman–Crippen MR) is 66.7 cm³/mol. The fourth-order valence-electron chi connectivity index (χ4n) is 1.22. The maximum Gasteiger partial charge on any atom is 0.343 e. The van der Waals surface area contributed by atoms with Gasteiger partial charge in [-0.1, -0.05) is 24.4 Å². The minimum atomic E-state index is -0.943. The molecular formula is C12H12ClFN2O2. The van der Waals surface area contributed by atoms with Gasteiger partial charge in [-0.3, -0.25) is 0 Å². The van der Waals surface area contributed by atoms with Gasteiger partial charge in [0.2, 0.25) is 0 Å². The van der Waals surface area contributed by atoms with E-state index in [0.717, 1.165) is 0 Å². The van der Waals surface area contributed by atoms with Gasteiger partial charge in [0, 0.05) is 6.42 Å². The lowest BCUT2D eigenvalue weighted by molar-refractivity contribution is 0.0526. The summed E-state index contributed by atoms with van der Waals surface area (Å²) in [5.41, 5.74) is 4.97. The first-order valence-corrected chi connectivity index (χ1v) is 5.71. The number of nitrogen functional groups attached to an aromatic ring is 1. The highest BCUT2D eigenvalue weighted by Crippen LogP contribution is 2.25. The third-order valence-electron chi connectivity index (χ3n) is 2.00. The van der Waals surface area contributed by atoms with Gasteiger partial charge in [0.15, 0.2) is 11.0 Å². The normalized spacial score (nSPS) is 9.56. The number of nitrogens with two attached hydrogens (primary N) is 1. The van der Waals surface area contributed by atoms with Crippen molar-refractivity contribution in [1.82, 2.24) is 4.98 Å². The van der Waals surface area contributed by atoms with Crippen molar-refractivity contribution >= 4 is 23.3 Å². The van der Waals surface area contributed by atoms with Crippen molar-refractivity contribution in [1.29, 1.82) is 0 Å². The number of rotatable bonds is 2. The maximum absolute atomic E-state index is 13.5. The van der Waals surface area contributed by atoms with Crippen LogP contribution in [0, 0.1) is 17.7 Å². The number of carbonyl (C=O) groups excluding carboxylic acids is 1. The van der Waals surface area contributed by atoms with E-state index in [2.05, 4.69) is 16.8 Å². The highest BCUT2D eigenvalue weighted by molar-refractivity contribution is 6.30. The molecule has 0 radical (unpaired) electrons. The molecule has 1 aromatic heterocycles. The molecule has 4 nitrogen and oxygen atoms in total. The maximum atomic E-state index is 13.5. The van der Waals surface area contributed by atoms with Crippen molar-refractivity contribution < 1.29 is 13.9 Å². The summed E-state index contributed by atoms with van der Waals surface area (Å²) >= 11 is 5.57. The van der Waals surface area contributed by atoms with E-state index in [1.807, 2.05) is 6.92 Å². The lowest BCUT2D eigenvalue weighted by Crippen LogP contribution is -2.13. The Kier molecular flexibility index (Phi) is 4.93. The van der Waals surface area contributed by atoms with E-state index in [1.54, 1.807) is 6.92 Å². The zero-order chi connectivity index (χ0) is 13.7. The van der Waals surface area contributed by atoms with Crippen LogP contribution in [0.4, 0.5) is 10.1 Å². The Morgan fingerprint density at radius 3 is 2.78 bits per heavy atom. The first kappa shape index (κ1) is 14.3. The zero-order valence-corrected chi connectivity index (χ0v) is 10.8. The summed E-state index contributed by atoms with van der Waals surface area (Å²) in [7, 11) is 0. The second-order valence-corrected chi connectivity index (χ2v) is 3.59. The lowest BCUT2D eigenvalue weighted by atomic mass is 10.1. The van der Waals surface area contributed by atoms with Crippen LogP contribution >= 0.6 is 11.6 Å². The number of anilines is 1. The summed E-state index contributed by atoms with van der Waals surface area (Å²) in [5.74, 6) is 3.63. The zero-order valence-electron chi connectivity index (χ0n) is 10.0. The van der Waals surface area contributed by atoms with Crippen molar-refractivity contribution in [3.63, 3.8) is 0 Å². The number of hydrogen-bond acceptors (Lipinski definition) is 4. The fourth-order valence-corrected chi connectivity index (χ4v) is 1.41. The number of halogens is 2. The Hall–Kier alpha value is -1.80. The summed E-state index contributed by atoms with van der Waals surface area (Å²) in [6.45, 7) is 3.60. The molecule has 0 saturated carbocycles. The van der Waals surface area contributed by atoms with Gasteiger partial charge in [0.1, 0.15) is 11.3 Å². The first-order valence-electron chi connectivity index (χ1n) is 5.33. The van der Waals surface area contributed by atoms with E-state index in [1.165, 1.54) is 0 Å². The van der Waals surface area contributed by atoms with Gasteiger partial charge in [-0.15, -0.1) is 0 Å². The molecule has 0 aliphatic rings. The van der Waals surface area contributed by atoms with Gasteiger partial charge in [-0.05, 0) is 12.8 Å². The van der Waals surface area contributed by atoms with E-state index in [4.69, 9.17) is 22.1 Å². The van der Waals surface area contributed by atoms with Crippen molar-refractivity contribution in [3.05, 3.63) is 22.2 Å². The molecule has 0 spiro atoms. The topological polar surface area (TPSA) is 65.2 Å². The second kappa shape index (κ2) is 6.22. The largest absolute Gasteiger partial charge is 0.462 e. The number of nitrogens with zero attached hydrogens (tertiary/aromatic N) is 1. The molecule has 0 aliphatic carbocycles. The third kappa shape index (κ3) is 2.90. The molecule has 0 bridgehead atoms. The Bertz CT molecular complexity index is 535. The van der Waals surface area contributed by atoms with Crippen LogP contribution in [0.25, 0.3) is 0 Å². The van der Waals surface area contributed by atoms with Crippen LogP contribution in [0.2, 0.25) is 5.15 Å². The van der Waals surface area contributed by atoms with Gasteiger partial charge in [-0.2, -0.15) is 0 Å². The van der Waals surface area contributed by atoms with E-state index >= 15 is 0 Å². The van der Waals surface area contributed by atoms with Gasteiger partial charge >= 0.3 is 5.97 Å². The van der Waals surface area contributed by atoms with Crippen LogP contribution in [0.1, 0.15) is 36.3 Å². The molecular weight excluding hydrogens is 259 g/mol. The van der Waals surface area contributed by atoms with Crippen LogP contribution in [0.3, 0.4) is 0 Å². The van der Waals surface area contributed by atoms with Gasteiger partial charge in [0.25, 0.3) is 0 Å². The van der Waals surface area contributed by atoms with Gasteiger partial charge in [-0.25, -0.2) is 14.2 Å². The molecule has 0 unspecified atom stereocenters. The molecule has 1 aromatic rings. The molecule has 0 aromatic carbocycles. The van der Waals surface area contributed by atoms with Crippen LogP contribution in [0.5, 0.6) is 0 Å². The van der Waals surface area contributed by atoms with E-state index in [-0.39, 0.29) is 17.9 Å². The Morgan fingerprint density at radius 1 is 1.56 bits per heavy atom. The number of aromatic nitrogens is 1. The molecule has 1 heterocycles. The molecule has 96 valence electrons. The van der Waals surface area contributed by atoms with E-state index in [0.29, 0.717) is 6.42 Å². The highest BCUT2D eigenvalue weighted by Gasteiger charge is 2.22. The van der Waals surface area contributed by atoms with Crippen molar-refractivity contribution in [2.75, 3.05) is 12.3 Å². The molecule has 1 rings (SSSR count). The molecule has 0 atom stereocenters. The molecule has 0 amide bonds. The standard InChI is InChI=1S/C12H12ClFN2O2/c1-3-5-6-7-8(12(17)18-4-2)10(15)9(14)11(13)16-7/h3-4H2,1-2H3,(H2,15,16). The first-order chi connectivity index (χ1) is 8.52. The number of carbonyl (C=O) groups is 1. The van der Waals surface area contributed by atoms with Crippen LogP contribution < -0.4 is 5.73 Å². The number of esters is 1. The molecule has 18 heavy (non-hydrogen) atoms. The molecule has 0 saturated heterocycles. The summed E-state index contributed by atoms with van der Waals surface area (Å²) < 4.78 is 18.3. The van der Waals surface area contributed by atoms with E-state index < -0.39 is 22.6 Å². The third-order valence-corrected chi connectivity index (χ3v) is 2.25. The molecule has 2 N–H and O–H groups in total. The Morgan fingerprint density at radius 2 is 2.22 bits per heavy atom. The minimum Gasteiger partial charge on any atom is -0.462 e. The smallest absolute Gasteiger partial charge is 0.343 e. The fraction of sp³-hybridized carbons (Fsp3) is 0.333. The number of pyridine rings is 1. The van der Waals surface area contributed by atoms with Gasteiger partial charge in [0.05, 0.1) is 12.3 Å². The predicted octanol–water partition coefficient (Wildman–Crippen LogP) is 2.39. The SMILES string of the molecule is CCC#Cc1nc(Cl)c(F)c(N)c1C(=O)OCC. The summed E-state index contributed by atoms with van der Waals surface area (Å²) in [4.78, 5) is 15.4. The monoisotopic (exact) mass is 270 g/mol. The van der Waals surface area contributed by atoms with Crippen LogP contribution in [-0.2, 0) is 4.74 Å². The minimum absolute atomic E-state index is 0.0270. The number of ether oxygens (including phenoxy) is 1. The molecule has 0 aliphatic heterocycles. The molecule has 6 heteroatoms. The van der Waals surface area contributed by atoms with Crippen molar-refractivity contribution in [2.45, 2.75) is 20.3 Å². The highest BCUT2D eigenvalue weighted by atomic mass is 35.5. The Labute approximate surface area is 109 Å². The average molecular weight is 271 g/mol. The van der Waals surface area contributed by atoms with Crippen molar-refractivity contribution in [3.8, 4) is 11.8 Å². The Balaban J connectivity index is 3.44. The lowest BCUT2D eigenvalue weighted by Gasteiger charge is -2.08. The second-order valence-electron chi connectivity index (χ2n) is 3.23. The summed E-state index contributed by atoms with van der Waals surface area (Å²) in [6.07, 6.45) is 0.554. The van der Waals surface area contributed by atoms with Crippen LogP contribution in [0.15, 0.2) is 0 Å². The summed E-state index contributed by atoms with van der Waals surface area (Å²) in [6, 6.07) is 0. The quantitative estimate of drug-likeness (QED) is 0.509.